The summed E-state index contributed by atoms with van der Waals surface area (Å²) in [6.45, 7) is 6.50. The fraction of sp³-hybridized carbons (Fsp3) is 0.316. The second kappa shape index (κ2) is 7.72. The highest BCUT2D eigenvalue weighted by molar-refractivity contribution is 8.40. The topological polar surface area (TPSA) is 64.7 Å². The third kappa shape index (κ3) is 4.59. The molecule has 1 aromatic heterocycles. The van der Waals surface area contributed by atoms with Gasteiger partial charge in [-0.2, -0.15) is 4.99 Å². The van der Waals surface area contributed by atoms with Crippen LogP contribution in [0.5, 0.6) is 5.75 Å². The van der Waals surface area contributed by atoms with Gasteiger partial charge in [-0.25, -0.2) is 4.98 Å². The van der Waals surface area contributed by atoms with Crippen molar-refractivity contribution in [1.82, 2.24) is 4.98 Å². The lowest BCUT2D eigenvalue weighted by atomic mass is 9.94. The summed E-state index contributed by atoms with van der Waals surface area (Å²) >= 11 is 2.88. The number of benzene rings is 1. The molecule has 1 aromatic carbocycles. The third-order valence-corrected chi connectivity index (χ3v) is 5.58. The molecule has 0 unspecified atom stereocenters. The van der Waals surface area contributed by atoms with Crippen molar-refractivity contribution in [3.8, 4) is 5.75 Å². The summed E-state index contributed by atoms with van der Waals surface area (Å²) < 4.78 is 12.2. The second-order valence-electron chi connectivity index (χ2n) is 6.72. The van der Waals surface area contributed by atoms with Crippen LogP contribution in [0.1, 0.15) is 38.0 Å². The number of rotatable bonds is 4. The van der Waals surface area contributed by atoms with Crippen molar-refractivity contribution in [3.63, 3.8) is 0 Å². The van der Waals surface area contributed by atoms with Crippen LogP contribution in [0.2, 0.25) is 0 Å². The number of hydrogen-bond acceptors (Lipinski definition) is 6. The summed E-state index contributed by atoms with van der Waals surface area (Å²) in [5.41, 5.74) is 0.854. The number of thioether (sulfide) groups is 2. The Bertz CT molecular complexity index is 862. The average Bonchev–Trinajstić information content (AvgIpc) is 3.21. The van der Waals surface area contributed by atoms with E-state index in [0.717, 1.165) is 15.7 Å². The maximum absolute atomic E-state index is 11.8. The van der Waals surface area contributed by atoms with E-state index >= 15 is 0 Å². The number of hydrogen-bond donors (Lipinski definition) is 0. The number of aromatic nitrogens is 1. The maximum atomic E-state index is 11.8. The Hall–Kier alpha value is -1.99. The van der Waals surface area contributed by atoms with Gasteiger partial charge < -0.3 is 9.15 Å². The molecule has 26 heavy (non-hydrogen) atoms. The summed E-state index contributed by atoms with van der Waals surface area (Å²) in [5, 5.41) is 0. The van der Waals surface area contributed by atoms with Crippen LogP contribution in [-0.4, -0.2) is 21.5 Å². The van der Waals surface area contributed by atoms with Crippen LogP contribution in [0.25, 0.3) is 6.08 Å². The zero-order valence-corrected chi connectivity index (χ0v) is 16.7. The summed E-state index contributed by atoms with van der Waals surface area (Å²) in [6, 6.07) is 7.54. The SMILES string of the molecule is CSC1=NC(=O)C(=Cc2ccc(OCc3ncc(C(C)(C)C)o3)cc2)S1. The van der Waals surface area contributed by atoms with Crippen LogP contribution >= 0.6 is 23.5 Å². The smallest absolute Gasteiger partial charge is 0.285 e. The Morgan fingerprint density at radius 1 is 1.27 bits per heavy atom. The number of nitrogens with zero attached hydrogens (tertiary/aromatic N) is 2. The van der Waals surface area contributed by atoms with Crippen LogP contribution in [0.4, 0.5) is 0 Å². The van der Waals surface area contributed by atoms with E-state index in [4.69, 9.17) is 9.15 Å². The van der Waals surface area contributed by atoms with Gasteiger partial charge in [0.25, 0.3) is 5.91 Å². The van der Waals surface area contributed by atoms with Gasteiger partial charge in [0.2, 0.25) is 5.89 Å². The maximum Gasteiger partial charge on any atom is 0.285 e. The number of ether oxygens (including phenoxy) is 1. The van der Waals surface area contributed by atoms with E-state index in [-0.39, 0.29) is 17.9 Å². The molecule has 3 rings (SSSR count). The van der Waals surface area contributed by atoms with Crippen LogP contribution in [0, 0.1) is 0 Å². The normalized spacial score (nSPS) is 16.2. The largest absolute Gasteiger partial charge is 0.484 e. The van der Waals surface area contributed by atoms with Gasteiger partial charge >= 0.3 is 0 Å². The van der Waals surface area contributed by atoms with Crippen molar-refractivity contribution in [3.05, 3.63) is 52.6 Å². The molecule has 1 aliphatic rings. The highest BCUT2D eigenvalue weighted by Gasteiger charge is 2.21. The molecule has 2 aromatic rings. The van der Waals surface area contributed by atoms with E-state index in [1.807, 2.05) is 36.6 Å². The first-order valence-corrected chi connectivity index (χ1v) is 10.1. The molecule has 0 atom stereocenters. The lowest BCUT2D eigenvalue weighted by Crippen LogP contribution is -2.09. The molecule has 2 heterocycles. The van der Waals surface area contributed by atoms with Gasteiger partial charge in [-0.05, 0) is 30.0 Å². The molecule has 0 N–H and O–H groups in total. The molecule has 7 heteroatoms. The van der Waals surface area contributed by atoms with Crippen molar-refractivity contribution in [2.45, 2.75) is 32.8 Å². The minimum Gasteiger partial charge on any atom is -0.484 e. The zero-order chi connectivity index (χ0) is 18.7. The number of oxazole rings is 1. The van der Waals surface area contributed by atoms with Crippen molar-refractivity contribution < 1.29 is 13.9 Å². The van der Waals surface area contributed by atoms with Gasteiger partial charge in [-0.1, -0.05) is 44.7 Å². The number of carbonyl (C=O) groups is 1. The highest BCUT2D eigenvalue weighted by atomic mass is 32.2. The molecule has 0 saturated carbocycles. The Morgan fingerprint density at radius 2 is 2.00 bits per heavy atom. The van der Waals surface area contributed by atoms with E-state index in [1.165, 1.54) is 23.5 Å². The molecular formula is C19H20N2O3S2. The van der Waals surface area contributed by atoms with Crippen LogP contribution in [-0.2, 0) is 16.8 Å². The van der Waals surface area contributed by atoms with Gasteiger partial charge in [0.15, 0.2) is 6.61 Å². The Balaban J connectivity index is 1.60. The van der Waals surface area contributed by atoms with Gasteiger partial charge in [-0.15, -0.1) is 11.8 Å². The standard InChI is InChI=1S/C19H20N2O3S2/c1-19(2,3)15-10-20-16(24-15)11-23-13-7-5-12(6-8-13)9-14-17(22)21-18(25-4)26-14/h5-10H,11H2,1-4H3. The van der Waals surface area contributed by atoms with Crippen molar-refractivity contribution in [1.29, 1.82) is 0 Å². The molecule has 0 bridgehead atoms. The van der Waals surface area contributed by atoms with Crippen LogP contribution in [0.3, 0.4) is 0 Å². The van der Waals surface area contributed by atoms with Gasteiger partial charge in [0.1, 0.15) is 15.9 Å². The summed E-state index contributed by atoms with van der Waals surface area (Å²) in [4.78, 5) is 20.7. The molecule has 0 radical (unpaired) electrons. The molecule has 0 saturated heterocycles. The van der Waals surface area contributed by atoms with Gasteiger partial charge in [0.05, 0.1) is 11.1 Å². The van der Waals surface area contributed by atoms with Crippen LogP contribution < -0.4 is 4.74 Å². The molecule has 1 aliphatic heterocycles. The quantitative estimate of drug-likeness (QED) is 0.695. The predicted molar refractivity (Wildman–Crippen MR) is 108 cm³/mol. The van der Waals surface area contributed by atoms with E-state index in [0.29, 0.717) is 16.5 Å². The monoisotopic (exact) mass is 388 g/mol. The van der Waals surface area contributed by atoms with E-state index < -0.39 is 0 Å². The van der Waals surface area contributed by atoms with E-state index in [9.17, 15) is 4.79 Å². The second-order valence-corrected chi connectivity index (χ2v) is 8.81. The molecule has 5 nitrogen and oxygen atoms in total. The van der Waals surface area contributed by atoms with E-state index in [1.54, 1.807) is 6.20 Å². The number of aliphatic imine (C=N–C) groups is 1. The summed E-state index contributed by atoms with van der Waals surface area (Å²) in [6.07, 6.45) is 5.49. The molecule has 1 amide bonds. The lowest BCUT2D eigenvalue weighted by molar-refractivity contribution is -0.113. The fourth-order valence-electron chi connectivity index (χ4n) is 2.16. The van der Waals surface area contributed by atoms with Crippen molar-refractivity contribution >= 4 is 39.9 Å². The molecule has 136 valence electrons. The molecule has 0 fully saturated rings. The van der Waals surface area contributed by atoms with Gasteiger partial charge in [0, 0.05) is 5.41 Å². The fourth-order valence-corrected chi connectivity index (χ4v) is 3.58. The zero-order valence-electron chi connectivity index (χ0n) is 15.1. The highest BCUT2D eigenvalue weighted by Crippen LogP contribution is 2.32. The molecular weight excluding hydrogens is 368 g/mol. The minimum atomic E-state index is -0.182. The predicted octanol–water partition coefficient (Wildman–Crippen LogP) is 4.88. The first kappa shape index (κ1) is 18.8. The van der Waals surface area contributed by atoms with Gasteiger partial charge in [-0.3, -0.25) is 4.79 Å². The van der Waals surface area contributed by atoms with Crippen molar-refractivity contribution in [2.24, 2.45) is 4.99 Å². The summed E-state index contributed by atoms with van der Waals surface area (Å²) in [7, 11) is 0. The minimum absolute atomic E-state index is 0.0735. The average molecular weight is 389 g/mol. The Labute approximate surface area is 161 Å². The van der Waals surface area contributed by atoms with E-state index in [2.05, 4.69) is 30.7 Å². The number of amides is 1. The van der Waals surface area contributed by atoms with Crippen LogP contribution in [0.15, 0.2) is 44.8 Å². The first-order valence-electron chi connectivity index (χ1n) is 8.10. The lowest BCUT2D eigenvalue weighted by Gasteiger charge is -2.13. The summed E-state index contributed by atoms with van der Waals surface area (Å²) in [5.74, 6) is 1.92. The third-order valence-electron chi connectivity index (χ3n) is 3.61. The Kier molecular flexibility index (Phi) is 5.58. The van der Waals surface area contributed by atoms with Crippen molar-refractivity contribution in [2.75, 3.05) is 6.26 Å². The molecule has 0 aliphatic carbocycles. The first-order chi connectivity index (χ1) is 12.3. The Morgan fingerprint density at radius 3 is 2.58 bits per heavy atom. The molecule has 0 spiro atoms. The number of carbonyl (C=O) groups excluding carboxylic acids is 1.